The highest BCUT2D eigenvalue weighted by Crippen LogP contribution is 2.38. The molecule has 0 aromatic carbocycles. The number of hydrogen-bond donors (Lipinski definition) is 0. The molecule has 360 valence electrons. The molecule has 0 N–H and O–H groups in total. The summed E-state index contributed by atoms with van der Waals surface area (Å²) in [5.41, 5.74) is 0. The van der Waals surface area contributed by atoms with E-state index in [-0.39, 0.29) is 19.6 Å². The topological polar surface area (TPSA) is 111 Å². The maximum absolute atomic E-state index is 12.6. The largest absolute Gasteiger partial charge is 0.756 e. The Balaban J connectivity index is 4.25. The average Bonchev–Trinajstić information content (AvgIpc) is 3.21. The summed E-state index contributed by atoms with van der Waals surface area (Å²) in [5, 5.41) is 0. The Morgan fingerprint density at radius 3 is 1.34 bits per heavy atom. The van der Waals surface area contributed by atoms with Crippen molar-refractivity contribution in [3.05, 3.63) is 24.3 Å². The van der Waals surface area contributed by atoms with Crippen LogP contribution in [0.2, 0.25) is 0 Å². The van der Waals surface area contributed by atoms with Crippen LogP contribution in [0.5, 0.6) is 0 Å². The van der Waals surface area contributed by atoms with Crippen LogP contribution in [0.4, 0.5) is 0 Å². The third-order valence-electron chi connectivity index (χ3n) is 11.3. The first-order valence-corrected chi connectivity index (χ1v) is 27.0. The van der Waals surface area contributed by atoms with E-state index in [0.717, 1.165) is 32.1 Å². The lowest BCUT2D eigenvalue weighted by Crippen LogP contribution is -2.37. The number of carbonyl (C=O) groups is 2. The first kappa shape index (κ1) is 59.5. The summed E-state index contributed by atoms with van der Waals surface area (Å²) in [4.78, 5) is 37.5. The smallest absolute Gasteiger partial charge is 0.331 e. The number of unbranched alkanes of at least 4 members (excludes halogenated alkanes) is 32. The molecule has 0 heterocycles. The maximum Gasteiger partial charge on any atom is 0.331 e. The highest BCUT2D eigenvalue weighted by atomic mass is 31.2. The third-order valence-corrected chi connectivity index (χ3v) is 12.3. The predicted molar refractivity (Wildman–Crippen MR) is 254 cm³/mol. The zero-order valence-corrected chi connectivity index (χ0v) is 41.5. The second-order valence-electron chi connectivity index (χ2n) is 18.6. The van der Waals surface area contributed by atoms with Crippen molar-refractivity contribution in [1.29, 1.82) is 0 Å². The van der Waals surface area contributed by atoms with Crippen molar-refractivity contribution in [3.63, 3.8) is 0 Å². The molecule has 0 saturated carbocycles. The number of carbonyl (C=O) groups excluding carboxylic acids is 2. The van der Waals surface area contributed by atoms with Crippen LogP contribution in [0.1, 0.15) is 239 Å². The van der Waals surface area contributed by atoms with Gasteiger partial charge < -0.3 is 27.9 Å². The number of ether oxygens (including phenoxy) is 2. The summed E-state index contributed by atoms with van der Waals surface area (Å²) in [6.07, 6.45) is 49.9. The summed E-state index contributed by atoms with van der Waals surface area (Å²) >= 11 is 0. The second kappa shape index (κ2) is 43.7. The molecule has 1 unspecified atom stereocenters. The Labute approximate surface area is 377 Å². The SMILES string of the molecule is CCCCCCCCCCCCC/C=C/C=C/C(=O)O[C@H](COC(=O)CCCCCCCCCCCCCCCCCCCCCCCC)COP(=O)([O-])OCC[N+](C)(C)C. The fourth-order valence-corrected chi connectivity index (χ4v) is 8.06. The van der Waals surface area contributed by atoms with E-state index in [2.05, 4.69) is 13.8 Å². The Morgan fingerprint density at radius 2 is 0.934 bits per heavy atom. The van der Waals surface area contributed by atoms with Gasteiger partial charge in [0.05, 0.1) is 27.7 Å². The molecule has 10 heteroatoms. The normalized spacial score (nSPS) is 13.6. The molecule has 61 heavy (non-hydrogen) atoms. The average molecular weight is 884 g/mol. The Bertz CT molecular complexity index is 1090. The summed E-state index contributed by atoms with van der Waals surface area (Å²) in [6.45, 7) is 4.14. The van der Waals surface area contributed by atoms with E-state index in [4.69, 9.17) is 18.5 Å². The van der Waals surface area contributed by atoms with Crippen molar-refractivity contribution in [2.24, 2.45) is 0 Å². The van der Waals surface area contributed by atoms with Crippen molar-refractivity contribution >= 4 is 19.8 Å². The van der Waals surface area contributed by atoms with Gasteiger partial charge in [0.25, 0.3) is 7.82 Å². The molecular weight excluding hydrogens is 786 g/mol. The van der Waals surface area contributed by atoms with Crippen LogP contribution in [0.25, 0.3) is 0 Å². The van der Waals surface area contributed by atoms with Crippen LogP contribution in [-0.2, 0) is 32.7 Å². The van der Waals surface area contributed by atoms with Crippen molar-refractivity contribution in [3.8, 4) is 0 Å². The van der Waals surface area contributed by atoms with Crippen LogP contribution < -0.4 is 4.89 Å². The van der Waals surface area contributed by atoms with Crippen LogP contribution in [-0.4, -0.2) is 70.0 Å². The van der Waals surface area contributed by atoms with E-state index in [1.807, 2.05) is 33.3 Å². The lowest BCUT2D eigenvalue weighted by molar-refractivity contribution is -0.870. The van der Waals surface area contributed by atoms with Crippen LogP contribution in [0.3, 0.4) is 0 Å². The zero-order chi connectivity index (χ0) is 45.0. The number of quaternary nitrogens is 1. The highest BCUT2D eigenvalue weighted by molar-refractivity contribution is 7.45. The van der Waals surface area contributed by atoms with Gasteiger partial charge in [0.15, 0.2) is 6.10 Å². The van der Waals surface area contributed by atoms with Crippen molar-refractivity contribution in [1.82, 2.24) is 0 Å². The van der Waals surface area contributed by atoms with Crippen LogP contribution >= 0.6 is 7.82 Å². The first-order valence-electron chi connectivity index (χ1n) is 25.6. The van der Waals surface area contributed by atoms with E-state index in [0.29, 0.717) is 11.0 Å². The van der Waals surface area contributed by atoms with E-state index in [1.54, 1.807) is 6.08 Å². The van der Waals surface area contributed by atoms with Gasteiger partial charge in [-0.25, -0.2) is 4.79 Å². The summed E-state index contributed by atoms with van der Waals surface area (Å²) in [5.74, 6) is -1.07. The number of phosphoric acid groups is 1. The molecule has 0 fully saturated rings. The van der Waals surface area contributed by atoms with Crippen molar-refractivity contribution in [2.45, 2.75) is 245 Å². The van der Waals surface area contributed by atoms with Crippen LogP contribution in [0, 0.1) is 0 Å². The molecule has 9 nitrogen and oxygen atoms in total. The molecule has 0 aliphatic rings. The molecule has 0 rings (SSSR count). The highest BCUT2D eigenvalue weighted by Gasteiger charge is 2.21. The van der Waals surface area contributed by atoms with Gasteiger partial charge in [-0.1, -0.05) is 231 Å². The predicted octanol–water partition coefficient (Wildman–Crippen LogP) is 14.5. The number of nitrogens with zero attached hydrogens (tertiary/aromatic N) is 1. The number of esters is 2. The van der Waals surface area contributed by atoms with Gasteiger partial charge in [0, 0.05) is 12.5 Å². The maximum atomic E-state index is 12.6. The van der Waals surface area contributed by atoms with Crippen LogP contribution in [0.15, 0.2) is 24.3 Å². The minimum atomic E-state index is -4.65. The number of rotatable bonds is 47. The molecule has 0 saturated heterocycles. The van der Waals surface area contributed by atoms with Crippen molar-refractivity contribution in [2.75, 3.05) is 47.5 Å². The Kier molecular flexibility index (Phi) is 42.6. The summed E-state index contributed by atoms with van der Waals surface area (Å²) in [7, 11) is 1.12. The molecule has 0 bridgehead atoms. The number of hydrogen-bond acceptors (Lipinski definition) is 8. The minimum Gasteiger partial charge on any atom is -0.756 e. The fourth-order valence-electron chi connectivity index (χ4n) is 7.33. The van der Waals surface area contributed by atoms with Crippen molar-refractivity contribution < 1.29 is 42.1 Å². The Morgan fingerprint density at radius 1 is 0.541 bits per heavy atom. The number of phosphoric ester groups is 1. The molecule has 0 radical (unpaired) electrons. The molecular formula is C51H98NO8P. The fraction of sp³-hybridized carbons (Fsp3) is 0.882. The molecule has 0 spiro atoms. The van der Waals surface area contributed by atoms with E-state index < -0.39 is 32.5 Å². The van der Waals surface area contributed by atoms with Gasteiger partial charge in [0.2, 0.25) is 0 Å². The molecule has 0 aliphatic heterocycles. The number of likely N-dealkylation sites (N-methyl/N-ethyl adjacent to an activating group) is 1. The molecule has 0 aromatic rings. The second-order valence-corrected chi connectivity index (χ2v) is 20.0. The monoisotopic (exact) mass is 884 g/mol. The summed E-state index contributed by atoms with van der Waals surface area (Å²) < 4.78 is 33.8. The van der Waals surface area contributed by atoms with E-state index >= 15 is 0 Å². The van der Waals surface area contributed by atoms with Gasteiger partial charge in [-0.05, 0) is 19.3 Å². The molecule has 0 amide bonds. The third kappa shape index (κ3) is 47.8. The standard InChI is InChI=1S/C51H98NO8P/c1-6-8-10-12-14-16-18-20-22-23-24-25-26-27-28-30-31-33-35-37-39-41-43-50(53)57-47-49(48-59-61(55,56)58-46-45-52(3,4)5)60-51(54)44-42-40-38-36-34-32-29-21-19-17-15-13-11-9-7-2/h38,40,42,44,49H,6-37,39,41,43,45-48H2,1-5H3/b40-38+,44-42+/t49-/m1/s1. The van der Waals surface area contributed by atoms with E-state index in [1.165, 1.54) is 192 Å². The van der Waals surface area contributed by atoms with Gasteiger partial charge in [0.1, 0.15) is 19.8 Å². The van der Waals surface area contributed by atoms with Gasteiger partial charge in [-0.15, -0.1) is 0 Å². The molecule has 0 aromatic heterocycles. The minimum absolute atomic E-state index is 0.0441. The molecule has 2 atom stereocenters. The lowest BCUT2D eigenvalue weighted by Gasteiger charge is -2.28. The number of allylic oxidation sites excluding steroid dienone is 3. The first-order chi connectivity index (χ1) is 29.5. The van der Waals surface area contributed by atoms with Gasteiger partial charge >= 0.3 is 11.9 Å². The Hall–Kier alpha value is -1.51. The summed E-state index contributed by atoms with van der Waals surface area (Å²) in [6, 6.07) is 0. The molecule has 0 aliphatic carbocycles. The van der Waals surface area contributed by atoms with Gasteiger partial charge in [-0.2, -0.15) is 0 Å². The zero-order valence-electron chi connectivity index (χ0n) is 40.6. The van der Waals surface area contributed by atoms with E-state index in [9.17, 15) is 19.0 Å². The lowest BCUT2D eigenvalue weighted by atomic mass is 10.0. The quantitative estimate of drug-likeness (QED) is 0.0148. The van der Waals surface area contributed by atoms with Gasteiger partial charge in [-0.3, -0.25) is 9.36 Å².